The third-order valence-electron chi connectivity index (χ3n) is 8.42. The molecule has 0 amide bonds. The van der Waals surface area contributed by atoms with E-state index in [0.717, 1.165) is 44.9 Å². The molecule has 0 aliphatic heterocycles. The van der Waals surface area contributed by atoms with Crippen LogP contribution >= 0.6 is 7.82 Å². The molecule has 3 unspecified atom stereocenters. The molecule has 0 aromatic heterocycles. The lowest BCUT2D eigenvalue weighted by molar-refractivity contribution is -0.161. The molecule has 0 fully saturated rings. The minimum atomic E-state index is -4.60. The molecule has 0 aliphatic carbocycles. The molecule has 0 saturated heterocycles. The van der Waals surface area contributed by atoms with E-state index in [0.29, 0.717) is 12.8 Å². The Labute approximate surface area is 298 Å². The highest BCUT2D eigenvalue weighted by molar-refractivity contribution is 7.47. The Bertz CT molecular complexity index is 837. The zero-order valence-electron chi connectivity index (χ0n) is 31.2. The first kappa shape index (κ1) is 47.7. The Morgan fingerprint density at radius 2 is 1.00 bits per heavy atom. The summed E-state index contributed by atoms with van der Waals surface area (Å²) in [4.78, 5) is 34.7. The first-order chi connectivity index (χ1) is 23.7. The summed E-state index contributed by atoms with van der Waals surface area (Å²) in [5, 5.41) is 18.2. The van der Waals surface area contributed by atoms with Crippen LogP contribution in [-0.4, -0.2) is 65.7 Å². The maximum atomic E-state index is 12.5. The van der Waals surface area contributed by atoms with Crippen LogP contribution in [0.15, 0.2) is 12.2 Å². The lowest BCUT2D eigenvalue weighted by atomic mass is 10.1. The summed E-state index contributed by atoms with van der Waals surface area (Å²) in [6.45, 7) is 2.34. The van der Waals surface area contributed by atoms with Crippen LogP contribution in [0.1, 0.15) is 181 Å². The summed E-state index contributed by atoms with van der Waals surface area (Å²) in [6, 6.07) is 0. The maximum absolute atomic E-state index is 12.5. The number of hydrogen-bond donors (Lipinski definition) is 3. The number of allylic oxidation sites excluding steroid dienone is 2. The van der Waals surface area contributed by atoms with Crippen molar-refractivity contribution in [3.05, 3.63) is 12.2 Å². The predicted octanol–water partition coefficient (Wildman–Crippen LogP) is 9.67. The Hall–Kier alpha value is -1.29. The summed E-state index contributed by atoms with van der Waals surface area (Å²) in [6.07, 6.45) is 30.5. The number of carbonyl (C=O) groups is 2. The smallest absolute Gasteiger partial charge is 0.462 e. The van der Waals surface area contributed by atoms with Gasteiger partial charge < -0.3 is 24.6 Å². The molecule has 0 spiro atoms. The van der Waals surface area contributed by atoms with Gasteiger partial charge in [-0.25, -0.2) is 4.57 Å². The van der Waals surface area contributed by atoms with E-state index >= 15 is 0 Å². The molecule has 10 nitrogen and oxygen atoms in total. The number of esters is 2. The van der Waals surface area contributed by atoms with Gasteiger partial charge in [-0.1, -0.05) is 142 Å². The summed E-state index contributed by atoms with van der Waals surface area (Å²) in [7, 11) is -4.60. The molecule has 11 heteroatoms. The highest BCUT2D eigenvalue weighted by Crippen LogP contribution is 2.43. The minimum absolute atomic E-state index is 0.183. The minimum Gasteiger partial charge on any atom is -0.462 e. The number of carbonyl (C=O) groups excluding carboxylic acids is 2. The van der Waals surface area contributed by atoms with E-state index in [9.17, 15) is 24.2 Å². The van der Waals surface area contributed by atoms with Crippen LogP contribution in [0.5, 0.6) is 0 Å². The number of aliphatic hydroxyl groups is 2. The highest BCUT2D eigenvalue weighted by Gasteiger charge is 2.27. The zero-order valence-corrected chi connectivity index (χ0v) is 32.1. The van der Waals surface area contributed by atoms with Gasteiger partial charge in [0.1, 0.15) is 12.7 Å². The zero-order chi connectivity index (χ0) is 36.3. The summed E-state index contributed by atoms with van der Waals surface area (Å²) < 4.78 is 32.5. The van der Waals surface area contributed by atoms with Crippen LogP contribution < -0.4 is 0 Å². The van der Waals surface area contributed by atoms with E-state index in [1.807, 2.05) is 0 Å². The van der Waals surface area contributed by atoms with Crippen molar-refractivity contribution >= 4 is 19.8 Å². The van der Waals surface area contributed by atoms with Gasteiger partial charge in [0.2, 0.25) is 0 Å². The van der Waals surface area contributed by atoms with Gasteiger partial charge in [-0.3, -0.25) is 18.6 Å². The molecule has 0 aromatic carbocycles. The van der Waals surface area contributed by atoms with Crippen molar-refractivity contribution in [3.8, 4) is 0 Å². The van der Waals surface area contributed by atoms with Crippen LogP contribution in [0.3, 0.4) is 0 Å². The quantitative estimate of drug-likeness (QED) is 0.0245. The molecule has 0 rings (SSSR count). The molecule has 0 saturated carbocycles. The van der Waals surface area contributed by atoms with Crippen molar-refractivity contribution in [3.63, 3.8) is 0 Å². The Morgan fingerprint density at radius 3 is 1.47 bits per heavy atom. The number of hydrogen-bond acceptors (Lipinski definition) is 9. The van der Waals surface area contributed by atoms with Crippen LogP contribution in [-0.2, 0) is 32.7 Å². The van der Waals surface area contributed by atoms with Crippen LogP contribution in [0, 0.1) is 0 Å². The van der Waals surface area contributed by atoms with Gasteiger partial charge >= 0.3 is 19.8 Å². The fourth-order valence-corrected chi connectivity index (χ4v) is 6.13. The molecule has 0 heterocycles. The third kappa shape index (κ3) is 34.9. The second-order valence-corrected chi connectivity index (χ2v) is 14.8. The largest absolute Gasteiger partial charge is 0.472 e. The number of unbranched alkanes of at least 4 members (excludes halogenated alkanes) is 21. The molecule has 3 atom stereocenters. The summed E-state index contributed by atoms with van der Waals surface area (Å²) in [5.41, 5.74) is 0. The first-order valence-electron chi connectivity index (χ1n) is 19.6. The van der Waals surface area contributed by atoms with E-state index in [4.69, 9.17) is 19.1 Å². The van der Waals surface area contributed by atoms with Gasteiger partial charge in [0.25, 0.3) is 0 Å². The van der Waals surface area contributed by atoms with E-state index < -0.39 is 51.8 Å². The number of aliphatic hydroxyl groups excluding tert-OH is 2. The molecule has 0 aromatic rings. The average molecular weight is 721 g/mol. The topological polar surface area (TPSA) is 149 Å². The summed E-state index contributed by atoms with van der Waals surface area (Å²) >= 11 is 0. The van der Waals surface area contributed by atoms with E-state index in [1.165, 1.54) is 96.3 Å². The fraction of sp³-hybridized carbons (Fsp3) is 0.895. The molecule has 49 heavy (non-hydrogen) atoms. The molecule has 0 aliphatic rings. The fourth-order valence-electron chi connectivity index (χ4n) is 5.34. The predicted molar refractivity (Wildman–Crippen MR) is 196 cm³/mol. The Morgan fingerprint density at radius 1 is 0.592 bits per heavy atom. The second-order valence-electron chi connectivity index (χ2n) is 13.3. The molecule has 290 valence electrons. The van der Waals surface area contributed by atoms with Gasteiger partial charge in [0.05, 0.1) is 19.8 Å². The van der Waals surface area contributed by atoms with Crippen LogP contribution in [0.25, 0.3) is 0 Å². The Balaban J connectivity index is 4.26. The van der Waals surface area contributed by atoms with Crippen LogP contribution in [0.2, 0.25) is 0 Å². The number of phosphoric acid groups is 1. The molecule has 0 radical (unpaired) electrons. The van der Waals surface area contributed by atoms with Crippen molar-refractivity contribution in [2.24, 2.45) is 0 Å². The SMILES string of the molecule is CCCCCCCCC/C=C\CCCCCCCCCC(=O)OC(COC(=O)CCCCCCCCCC)COP(=O)(O)OCC(O)CO. The number of rotatable bonds is 37. The van der Waals surface area contributed by atoms with Crippen LogP contribution in [0.4, 0.5) is 0 Å². The van der Waals surface area contributed by atoms with Gasteiger partial charge in [0.15, 0.2) is 6.10 Å². The normalized spacial score (nSPS) is 14.1. The van der Waals surface area contributed by atoms with Gasteiger partial charge in [0, 0.05) is 12.8 Å². The van der Waals surface area contributed by atoms with E-state index in [1.54, 1.807) is 0 Å². The van der Waals surface area contributed by atoms with Crippen molar-refractivity contribution in [1.29, 1.82) is 0 Å². The Kier molecular flexibility index (Phi) is 34.2. The summed E-state index contributed by atoms with van der Waals surface area (Å²) in [5.74, 6) is -0.929. The molecule has 0 bridgehead atoms. The van der Waals surface area contributed by atoms with E-state index in [2.05, 4.69) is 30.5 Å². The maximum Gasteiger partial charge on any atom is 0.472 e. The van der Waals surface area contributed by atoms with Crippen molar-refractivity contribution in [2.45, 2.75) is 193 Å². The first-order valence-corrected chi connectivity index (χ1v) is 21.1. The lowest BCUT2D eigenvalue weighted by Crippen LogP contribution is -2.29. The molecular formula is C38H73O10P. The van der Waals surface area contributed by atoms with E-state index in [-0.39, 0.29) is 19.4 Å². The standard InChI is InChI=1S/C38H73O10P/c1-3-5-7-9-11-13-14-15-16-17-18-19-20-21-22-24-26-28-30-38(42)48-36(34-47-49(43,44)46-32-35(40)31-39)33-45-37(41)29-27-25-23-12-10-8-6-4-2/h16-17,35-36,39-40H,3-15,18-34H2,1-2H3,(H,43,44)/b17-16-. The van der Waals surface area contributed by atoms with Gasteiger partial charge in [-0.2, -0.15) is 0 Å². The second kappa shape index (κ2) is 35.1. The molecule has 3 N–H and O–H groups in total. The average Bonchev–Trinajstić information content (AvgIpc) is 3.09. The number of phosphoric ester groups is 1. The highest BCUT2D eigenvalue weighted by atomic mass is 31.2. The van der Waals surface area contributed by atoms with Crippen molar-refractivity contribution < 1.29 is 47.8 Å². The van der Waals surface area contributed by atoms with Crippen molar-refractivity contribution in [1.82, 2.24) is 0 Å². The lowest BCUT2D eigenvalue weighted by Gasteiger charge is -2.20. The monoisotopic (exact) mass is 720 g/mol. The third-order valence-corrected chi connectivity index (χ3v) is 9.37. The van der Waals surface area contributed by atoms with Gasteiger partial charge in [-0.15, -0.1) is 0 Å². The number of ether oxygens (including phenoxy) is 2. The molecular weight excluding hydrogens is 647 g/mol. The van der Waals surface area contributed by atoms with Crippen molar-refractivity contribution in [2.75, 3.05) is 26.4 Å². The van der Waals surface area contributed by atoms with Gasteiger partial charge in [-0.05, 0) is 38.5 Å².